The van der Waals surface area contributed by atoms with Gasteiger partial charge in [-0.2, -0.15) is 0 Å². The summed E-state index contributed by atoms with van der Waals surface area (Å²) in [5.74, 6) is 0.911. The van der Waals surface area contributed by atoms with Gasteiger partial charge in [-0.15, -0.1) is 6.58 Å². The molecule has 1 N–H and O–H groups in total. The molecule has 3 heteroatoms. The fraction of sp³-hybridized carbons (Fsp3) is 0.500. The normalized spacial score (nSPS) is 10.6. The Labute approximate surface area is 104 Å². The van der Waals surface area contributed by atoms with Crippen LogP contribution < -0.4 is 10.1 Å². The van der Waals surface area contributed by atoms with Crippen LogP contribution in [0.25, 0.3) is 0 Å². The van der Waals surface area contributed by atoms with E-state index in [4.69, 9.17) is 4.74 Å². The van der Waals surface area contributed by atoms with Crippen LogP contribution in [0.5, 0.6) is 5.75 Å². The Bertz CT molecular complexity index is 361. The SMILES string of the molecule is C=C(C)CCOc1ccncc1CNC(C)C. The maximum atomic E-state index is 5.74. The third-order valence-electron chi connectivity index (χ3n) is 2.35. The van der Waals surface area contributed by atoms with E-state index in [1.165, 1.54) is 0 Å². The van der Waals surface area contributed by atoms with Crippen molar-refractivity contribution in [2.75, 3.05) is 6.61 Å². The predicted octanol–water partition coefficient (Wildman–Crippen LogP) is 2.92. The van der Waals surface area contributed by atoms with E-state index in [0.717, 1.165) is 29.9 Å². The van der Waals surface area contributed by atoms with Crippen LogP contribution >= 0.6 is 0 Å². The van der Waals surface area contributed by atoms with Gasteiger partial charge in [0.15, 0.2) is 0 Å². The Hall–Kier alpha value is -1.35. The molecule has 17 heavy (non-hydrogen) atoms. The van der Waals surface area contributed by atoms with Gasteiger partial charge < -0.3 is 10.1 Å². The van der Waals surface area contributed by atoms with Gasteiger partial charge in [-0.3, -0.25) is 4.98 Å². The van der Waals surface area contributed by atoms with Crippen molar-refractivity contribution in [3.05, 3.63) is 36.2 Å². The molecular formula is C14H22N2O. The summed E-state index contributed by atoms with van der Waals surface area (Å²) in [5, 5.41) is 3.36. The Morgan fingerprint density at radius 1 is 1.53 bits per heavy atom. The summed E-state index contributed by atoms with van der Waals surface area (Å²) >= 11 is 0. The largest absolute Gasteiger partial charge is 0.493 e. The van der Waals surface area contributed by atoms with Gasteiger partial charge in [0.05, 0.1) is 6.61 Å². The number of pyridine rings is 1. The molecule has 0 saturated carbocycles. The Morgan fingerprint density at radius 3 is 2.94 bits per heavy atom. The Morgan fingerprint density at radius 2 is 2.29 bits per heavy atom. The zero-order valence-electron chi connectivity index (χ0n) is 11.0. The lowest BCUT2D eigenvalue weighted by molar-refractivity contribution is 0.316. The number of rotatable bonds is 7. The maximum Gasteiger partial charge on any atom is 0.126 e. The molecule has 0 saturated heterocycles. The highest BCUT2D eigenvalue weighted by atomic mass is 16.5. The lowest BCUT2D eigenvalue weighted by atomic mass is 10.2. The molecule has 1 rings (SSSR count). The molecule has 0 atom stereocenters. The topological polar surface area (TPSA) is 34.1 Å². The van der Waals surface area contributed by atoms with Crippen molar-refractivity contribution in [1.29, 1.82) is 0 Å². The minimum Gasteiger partial charge on any atom is -0.493 e. The average molecular weight is 234 g/mol. The summed E-state index contributed by atoms with van der Waals surface area (Å²) < 4.78 is 5.74. The molecule has 0 amide bonds. The lowest BCUT2D eigenvalue weighted by Gasteiger charge is -2.13. The third kappa shape index (κ3) is 5.50. The van der Waals surface area contributed by atoms with Crippen LogP contribution in [-0.4, -0.2) is 17.6 Å². The molecule has 0 aliphatic heterocycles. The summed E-state index contributed by atoms with van der Waals surface area (Å²) in [6, 6.07) is 2.37. The van der Waals surface area contributed by atoms with E-state index in [-0.39, 0.29) is 0 Å². The van der Waals surface area contributed by atoms with Gasteiger partial charge in [-0.25, -0.2) is 0 Å². The molecule has 94 valence electrons. The second-order valence-electron chi connectivity index (χ2n) is 4.57. The molecule has 1 heterocycles. The number of hydrogen-bond donors (Lipinski definition) is 1. The summed E-state index contributed by atoms with van der Waals surface area (Å²) in [4.78, 5) is 4.13. The molecule has 0 bridgehead atoms. The van der Waals surface area contributed by atoms with Gasteiger partial charge in [-0.05, 0) is 13.0 Å². The van der Waals surface area contributed by atoms with E-state index >= 15 is 0 Å². The van der Waals surface area contributed by atoms with Crippen LogP contribution in [0.1, 0.15) is 32.8 Å². The van der Waals surface area contributed by atoms with E-state index in [1.807, 2.05) is 19.2 Å². The molecule has 3 nitrogen and oxygen atoms in total. The van der Waals surface area contributed by atoms with Crippen LogP contribution in [0.4, 0.5) is 0 Å². The number of nitrogens with one attached hydrogen (secondary N) is 1. The second kappa shape index (κ2) is 7.07. The number of nitrogens with zero attached hydrogens (tertiary/aromatic N) is 1. The Balaban J connectivity index is 2.54. The third-order valence-corrected chi connectivity index (χ3v) is 2.35. The fourth-order valence-corrected chi connectivity index (χ4v) is 1.34. The van der Waals surface area contributed by atoms with Crippen LogP contribution in [0, 0.1) is 0 Å². The van der Waals surface area contributed by atoms with E-state index < -0.39 is 0 Å². The van der Waals surface area contributed by atoms with Gasteiger partial charge in [0.25, 0.3) is 0 Å². The monoisotopic (exact) mass is 234 g/mol. The summed E-state index contributed by atoms with van der Waals surface area (Å²) in [6.45, 7) is 11.6. The molecule has 0 aliphatic carbocycles. The lowest BCUT2D eigenvalue weighted by Crippen LogP contribution is -2.22. The highest BCUT2D eigenvalue weighted by Gasteiger charge is 2.04. The van der Waals surface area contributed by atoms with Crippen LogP contribution in [0.2, 0.25) is 0 Å². The van der Waals surface area contributed by atoms with Gasteiger partial charge in [0.1, 0.15) is 5.75 Å². The zero-order chi connectivity index (χ0) is 12.7. The number of hydrogen-bond acceptors (Lipinski definition) is 3. The molecule has 0 spiro atoms. The van der Waals surface area contributed by atoms with Gasteiger partial charge in [0.2, 0.25) is 0 Å². The van der Waals surface area contributed by atoms with E-state index in [0.29, 0.717) is 12.6 Å². The zero-order valence-corrected chi connectivity index (χ0v) is 11.0. The van der Waals surface area contributed by atoms with Crippen LogP contribution in [-0.2, 0) is 6.54 Å². The Kier molecular flexibility index (Phi) is 5.70. The van der Waals surface area contributed by atoms with Crippen molar-refractivity contribution < 1.29 is 4.74 Å². The number of ether oxygens (including phenoxy) is 1. The quantitative estimate of drug-likeness (QED) is 0.737. The highest BCUT2D eigenvalue weighted by Crippen LogP contribution is 2.17. The first kappa shape index (κ1) is 13.7. The molecule has 0 radical (unpaired) electrons. The van der Waals surface area contributed by atoms with Crippen molar-refractivity contribution in [1.82, 2.24) is 10.3 Å². The van der Waals surface area contributed by atoms with Gasteiger partial charge in [-0.1, -0.05) is 19.4 Å². The van der Waals surface area contributed by atoms with Crippen molar-refractivity contribution in [2.45, 2.75) is 39.8 Å². The molecule has 0 fully saturated rings. The average Bonchev–Trinajstić information content (AvgIpc) is 2.27. The second-order valence-corrected chi connectivity index (χ2v) is 4.57. The van der Waals surface area contributed by atoms with E-state index in [9.17, 15) is 0 Å². The minimum atomic E-state index is 0.457. The van der Waals surface area contributed by atoms with Crippen molar-refractivity contribution in [2.24, 2.45) is 0 Å². The van der Waals surface area contributed by atoms with Gasteiger partial charge >= 0.3 is 0 Å². The van der Waals surface area contributed by atoms with Crippen molar-refractivity contribution >= 4 is 0 Å². The smallest absolute Gasteiger partial charge is 0.126 e. The summed E-state index contributed by atoms with van der Waals surface area (Å²) in [5.41, 5.74) is 2.24. The molecule has 0 unspecified atom stereocenters. The first-order chi connectivity index (χ1) is 8.09. The summed E-state index contributed by atoms with van der Waals surface area (Å²) in [6.07, 6.45) is 4.50. The molecule has 0 aliphatic rings. The highest BCUT2D eigenvalue weighted by molar-refractivity contribution is 5.30. The maximum absolute atomic E-state index is 5.74. The van der Waals surface area contributed by atoms with Crippen LogP contribution in [0.15, 0.2) is 30.6 Å². The minimum absolute atomic E-state index is 0.457. The van der Waals surface area contributed by atoms with Crippen molar-refractivity contribution in [3.63, 3.8) is 0 Å². The molecule has 1 aromatic rings. The predicted molar refractivity (Wildman–Crippen MR) is 71.1 cm³/mol. The molecular weight excluding hydrogens is 212 g/mol. The van der Waals surface area contributed by atoms with Gasteiger partial charge in [0, 0.05) is 37.0 Å². The first-order valence-electron chi connectivity index (χ1n) is 6.03. The van der Waals surface area contributed by atoms with Crippen molar-refractivity contribution in [3.8, 4) is 5.75 Å². The standard InChI is InChI=1S/C14H22N2O/c1-11(2)6-8-17-14-5-7-15-9-13(14)10-16-12(3)4/h5,7,9,12,16H,1,6,8,10H2,2-4H3. The summed E-state index contributed by atoms with van der Waals surface area (Å²) in [7, 11) is 0. The molecule has 0 aromatic carbocycles. The number of aromatic nitrogens is 1. The fourth-order valence-electron chi connectivity index (χ4n) is 1.34. The first-order valence-corrected chi connectivity index (χ1v) is 6.03. The van der Waals surface area contributed by atoms with E-state index in [1.54, 1.807) is 6.20 Å². The van der Waals surface area contributed by atoms with Crippen LogP contribution in [0.3, 0.4) is 0 Å². The molecule has 1 aromatic heterocycles. The van der Waals surface area contributed by atoms with E-state index in [2.05, 4.69) is 30.7 Å².